The summed E-state index contributed by atoms with van der Waals surface area (Å²) in [6.07, 6.45) is -3.49. The number of hydrogen-bond donors (Lipinski definition) is 0. The zero-order chi connectivity index (χ0) is 21.8. The molecule has 1 aliphatic heterocycles. The molecule has 0 saturated carbocycles. The molecule has 0 radical (unpaired) electrons. The van der Waals surface area contributed by atoms with E-state index in [-0.39, 0.29) is 0 Å². The topological polar surface area (TPSA) is 23.6 Å². The van der Waals surface area contributed by atoms with Crippen molar-refractivity contribution in [3.8, 4) is 11.1 Å². The summed E-state index contributed by atoms with van der Waals surface area (Å²) in [7, 11) is 0. The number of halogens is 3. The molecule has 4 rings (SSSR count). The maximum atomic E-state index is 12.9. The van der Waals surface area contributed by atoms with Gasteiger partial charge in [-0.15, -0.1) is 0 Å². The van der Waals surface area contributed by atoms with E-state index in [0.717, 1.165) is 73.5 Å². The molecule has 0 spiro atoms. The first-order valence-electron chi connectivity index (χ1n) is 10.2. The molecule has 0 aliphatic carbocycles. The molecule has 0 bridgehead atoms. The third kappa shape index (κ3) is 4.97. The third-order valence-corrected chi connectivity index (χ3v) is 5.70. The smallest absolute Gasteiger partial charge is 0.369 e. The van der Waals surface area contributed by atoms with Gasteiger partial charge >= 0.3 is 6.18 Å². The molecule has 160 valence electrons. The summed E-state index contributed by atoms with van der Waals surface area (Å²) in [6, 6.07) is 20.8. The summed E-state index contributed by atoms with van der Waals surface area (Å²) in [4.78, 5) is 15.5. The lowest BCUT2D eigenvalue weighted by Gasteiger charge is -2.36. The molecule has 1 saturated heterocycles. The van der Waals surface area contributed by atoms with Crippen LogP contribution < -0.4 is 4.90 Å². The minimum Gasteiger partial charge on any atom is -0.369 e. The Morgan fingerprint density at radius 3 is 2.06 bits per heavy atom. The van der Waals surface area contributed by atoms with E-state index < -0.39 is 11.7 Å². The normalized spacial score (nSPS) is 15.1. The highest BCUT2D eigenvalue weighted by Crippen LogP contribution is 2.32. The monoisotopic (exact) mass is 424 g/mol. The van der Waals surface area contributed by atoms with Gasteiger partial charge in [0, 0.05) is 44.0 Å². The van der Waals surface area contributed by atoms with E-state index in [1.54, 1.807) is 12.1 Å². The molecule has 1 heterocycles. The minimum atomic E-state index is -4.33. The van der Waals surface area contributed by atoms with Crippen molar-refractivity contribution in [2.24, 2.45) is 0 Å². The molecule has 3 aromatic rings. The number of alkyl halides is 3. The van der Waals surface area contributed by atoms with Crippen molar-refractivity contribution < 1.29 is 18.0 Å². The number of rotatable bonds is 5. The van der Waals surface area contributed by atoms with Crippen LogP contribution in [-0.2, 0) is 12.7 Å². The van der Waals surface area contributed by atoms with Crippen LogP contribution in [0.3, 0.4) is 0 Å². The van der Waals surface area contributed by atoms with E-state index in [2.05, 4.69) is 9.80 Å². The molecular formula is C25H23F3N2O. The van der Waals surface area contributed by atoms with E-state index in [1.807, 2.05) is 48.5 Å². The lowest BCUT2D eigenvalue weighted by atomic mass is 9.98. The van der Waals surface area contributed by atoms with Crippen molar-refractivity contribution in [2.45, 2.75) is 12.7 Å². The van der Waals surface area contributed by atoms with Crippen LogP contribution in [-0.4, -0.2) is 37.4 Å². The van der Waals surface area contributed by atoms with Crippen LogP contribution in [0.1, 0.15) is 21.5 Å². The van der Waals surface area contributed by atoms with Crippen LogP contribution in [0.2, 0.25) is 0 Å². The molecule has 0 amide bonds. The Bertz CT molecular complexity index is 1020. The lowest BCUT2D eigenvalue weighted by Crippen LogP contribution is -2.46. The quantitative estimate of drug-likeness (QED) is 0.505. The molecule has 1 aliphatic rings. The van der Waals surface area contributed by atoms with Crippen LogP contribution >= 0.6 is 0 Å². The van der Waals surface area contributed by atoms with Gasteiger partial charge in [0.25, 0.3) is 0 Å². The summed E-state index contributed by atoms with van der Waals surface area (Å²) < 4.78 is 38.6. The van der Waals surface area contributed by atoms with Crippen LogP contribution in [0, 0.1) is 0 Å². The molecular weight excluding hydrogens is 401 g/mol. The molecule has 0 N–H and O–H groups in total. The van der Waals surface area contributed by atoms with Gasteiger partial charge in [-0.05, 0) is 53.1 Å². The summed E-state index contributed by atoms with van der Waals surface area (Å²) in [5, 5.41) is 0. The van der Waals surface area contributed by atoms with Gasteiger partial charge in [-0.25, -0.2) is 0 Å². The van der Waals surface area contributed by atoms with E-state index in [0.29, 0.717) is 5.56 Å². The fraction of sp³-hybridized carbons (Fsp3) is 0.240. The van der Waals surface area contributed by atoms with Gasteiger partial charge < -0.3 is 4.90 Å². The van der Waals surface area contributed by atoms with Crippen molar-refractivity contribution in [3.05, 3.63) is 89.5 Å². The number of piperazine rings is 1. The standard InChI is InChI=1S/C25H23F3N2O/c26-25(27,28)22-9-7-20(8-10-22)24-4-2-1-3-21(24)17-29-13-15-30(16-14-29)23-11-5-19(18-31)6-12-23/h1-12,18H,13-17H2. The van der Waals surface area contributed by atoms with Crippen LogP contribution in [0.25, 0.3) is 11.1 Å². The molecule has 0 unspecified atom stereocenters. The van der Waals surface area contributed by atoms with Crippen molar-refractivity contribution in [3.63, 3.8) is 0 Å². The van der Waals surface area contributed by atoms with Crippen molar-refractivity contribution in [1.82, 2.24) is 4.90 Å². The predicted molar refractivity (Wildman–Crippen MR) is 116 cm³/mol. The number of benzene rings is 3. The minimum absolute atomic E-state index is 0.633. The van der Waals surface area contributed by atoms with E-state index in [1.165, 1.54) is 0 Å². The summed E-state index contributed by atoms with van der Waals surface area (Å²) >= 11 is 0. The SMILES string of the molecule is O=Cc1ccc(N2CCN(Cc3ccccc3-c3ccc(C(F)(F)F)cc3)CC2)cc1. The molecule has 0 aromatic heterocycles. The lowest BCUT2D eigenvalue weighted by molar-refractivity contribution is -0.137. The van der Waals surface area contributed by atoms with Gasteiger partial charge in [0.15, 0.2) is 0 Å². The zero-order valence-corrected chi connectivity index (χ0v) is 17.0. The molecule has 3 aromatic carbocycles. The Balaban J connectivity index is 1.43. The fourth-order valence-corrected chi connectivity index (χ4v) is 3.95. The first-order chi connectivity index (χ1) is 14.9. The Kier molecular flexibility index (Phi) is 6.09. The van der Waals surface area contributed by atoms with Crippen molar-refractivity contribution in [1.29, 1.82) is 0 Å². The maximum absolute atomic E-state index is 12.9. The Hall–Kier alpha value is -3.12. The number of hydrogen-bond acceptors (Lipinski definition) is 3. The highest BCUT2D eigenvalue weighted by molar-refractivity contribution is 5.75. The third-order valence-electron chi connectivity index (χ3n) is 5.70. The Morgan fingerprint density at radius 2 is 1.45 bits per heavy atom. The average molecular weight is 424 g/mol. The molecule has 0 atom stereocenters. The average Bonchev–Trinajstić information content (AvgIpc) is 2.80. The number of carbonyl (C=O) groups excluding carboxylic acids is 1. The van der Waals surface area contributed by atoms with Gasteiger partial charge in [-0.1, -0.05) is 36.4 Å². The number of carbonyl (C=O) groups is 1. The molecule has 3 nitrogen and oxygen atoms in total. The van der Waals surface area contributed by atoms with Crippen LogP contribution in [0.15, 0.2) is 72.8 Å². The largest absolute Gasteiger partial charge is 0.416 e. The number of anilines is 1. The second kappa shape index (κ2) is 8.94. The van der Waals surface area contributed by atoms with Gasteiger partial charge in [-0.2, -0.15) is 13.2 Å². The summed E-state index contributed by atoms with van der Waals surface area (Å²) in [6.45, 7) is 4.27. The Labute approximate surface area is 179 Å². The molecule has 31 heavy (non-hydrogen) atoms. The van der Waals surface area contributed by atoms with Crippen molar-refractivity contribution >= 4 is 12.0 Å². The van der Waals surface area contributed by atoms with Gasteiger partial charge in [-0.3, -0.25) is 9.69 Å². The zero-order valence-electron chi connectivity index (χ0n) is 17.0. The Morgan fingerprint density at radius 1 is 0.806 bits per heavy atom. The second-order valence-electron chi connectivity index (χ2n) is 7.70. The van der Waals surface area contributed by atoms with E-state index in [9.17, 15) is 18.0 Å². The second-order valence-corrected chi connectivity index (χ2v) is 7.70. The van der Waals surface area contributed by atoms with Gasteiger partial charge in [0.05, 0.1) is 5.56 Å². The highest BCUT2D eigenvalue weighted by atomic mass is 19.4. The summed E-state index contributed by atoms with van der Waals surface area (Å²) in [5.41, 5.74) is 4.00. The highest BCUT2D eigenvalue weighted by Gasteiger charge is 2.30. The first kappa shape index (κ1) is 21.1. The first-order valence-corrected chi connectivity index (χ1v) is 10.2. The van der Waals surface area contributed by atoms with Crippen LogP contribution in [0.5, 0.6) is 0 Å². The van der Waals surface area contributed by atoms with E-state index >= 15 is 0 Å². The number of nitrogens with zero attached hydrogens (tertiary/aromatic N) is 2. The van der Waals surface area contributed by atoms with Gasteiger partial charge in [0.2, 0.25) is 0 Å². The fourth-order valence-electron chi connectivity index (χ4n) is 3.95. The maximum Gasteiger partial charge on any atom is 0.416 e. The molecule has 1 fully saturated rings. The van der Waals surface area contributed by atoms with Crippen molar-refractivity contribution in [2.75, 3.05) is 31.1 Å². The number of aldehydes is 1. The van der Waals surface area contributed by atoms with E-state index in [4.69, 9.17) is 0 Å². The predicted octanol–water partition coefficient (Wildman–Crippen LogP) is 5.51. The molecule has 6 heteroatoms. The summed E-state index contributed by atoms with van der Waals surface area (Å²) in [5.74, 6) is 0. The van der Waals surface area contributed by atoms with Crippen LogP contribution in [0.4, 0.5) is 18.9 Å². The van der Waals surface area contributed by atoms with Gasteiger partial charge in [0.1, 0.15) is 6.29 Å².